The lowest BCUT2D eigenvalue weighted by atomic mass is 10.00. The van der Waals surface area contributed by atoms with E-state index < -0.39 is 0 Å². The molecule has 4 heterocycles. The number of amides is 3. The third kappa shape index (κ3) is 12.2. The average Bonchev–Trinajstić information content (AvgIpc) is 3.59. The number of nitrogens with zero attached hydrogens (tertiary/aromatic N) is 8. The van der Waals surface area contributed by atoms with Crippen molar-refractivity contribution in [2.75, 3.05) is 72.0 Å². The smallest absolute Gasteiger partial charge is 0.234 e. The maximum absolute atomic E-state index is 14.3. The van der Waals surface area contributed by atoms with Gasteiger partial charge in [-0.15, -0.1) is 0 Å². The fraction of sp³-hybridized carbons (Fsp3) is 0.277. The van der Waals surface area contributed by atoms with Crippen LogP contribution in [0.1, 0.15) is 61.3 Å². The second-order valence-corrected chi connectivity index (χ2v) is 21.0. The summed E-state index contributed by atoms with van der Waals surface area (Å²) >= 11 is 0. The molecule has 10 aromatic rings. The molecule has 3 atom stereocenters. The number of rotatable bonds is 14. The van der Waals surface area contributed by atoms with E-state index in [2.05, 4.69) is 125 Å². The topological polar surface area (TPSA) is 152 Å². The van der Waals surface area contributed by atoms with Crippen LogP contribution >= 0.6 is 0 Å². The predicted molar refractivity (Wildman–Crippen MR) is 316 cm³/mol. The molecular formula is C65H67N11O3. The molecule has 0 bridgehead atoms. The minimum Gasteiger partial charge on any atom is -0.348 e. The van der Waals surface area contributed by atoms with Crippen molar-refractivity contribution in [2.24, 2.45) is 0 Å². The number of benzene rings is 7. The number of carbonyl (C=O) groups is 3. The van der Waals surface area contributed by atoms with E-state index in [0.717, 1.165) is 87.5 Å². The molecule has 0 spiro atoms. The number of hydrogen-bond donors (Lipinski definition) is 3. The highest BCUT2D eigenvalue weighted by molar-refractivity contribution is 6.20. The highest BCUT2D eigenvalue weighted by atomic mass is 16.2. The van der Waals surface area contributed by atoms with E-state index >= 15 is 0 Å². The molecule has 0 radical (unpaired) electrons. The van der Waals surface area contributed by atoms with Gasteiger partial charge >= 0.3 is 0 Å². The molecule has 0 unspecified atom stereocenters. The molecule has 400 valence electrons. The van der Waals surface area contributed by atoms with Crippen LogP contribution in [0.25, 0.3) is 65.2 Å². The van der Waals surface area contributed by atoms with Crippen molar-refractivity contribution >= 4 is 82.9 Å². The lowest BCUT2D eigenvalue weighted by Crippen LogP contribution is -2.50. The molecule has 3 amide bonds. The molecule has 1 fully saturated rings. The number of nitrogens with one attached hydrogen (secondary N) is 3. The van der Waals surface area contributed by atoms with E-state index in [1.165, 1.54) is 0 Å². The first-order valence-corrected chi connectivity index (χ1v) is 27.6. The molecule has 1 saturated heterocycles. The summed E-state index contributed by atoms with van der Waals surface area (Å²) in [6, 6.07) is 50.8. The maximum Gasteiger partial charge on any atom is 0.234 e. The van der Waals surface area contributed by atoms with Gasteiger partial charge in [0, 0.05) is 88.3 Å². The molecule has 0 aliphatic carbocycles. The minimum atomic E-state index is -0.232. The lowest BCUT2D eigenvalue weighted by molar-refractivity contribution is -0.125. The summed E-state index contributed by atoms with van der Waals surface area (Å²) in [5.41, 5.74) is 7.16. The number of hydrogen-bond acceptors (Lipinski definition) is 11. The van der Waals surface area contributed by atoms with Crippen LogP contribution in [0.4, 0.5) is 0 Å². The quantitative estimate of drug-likeness (QED) is 0.0894. The summed E-state index contributed by atoms with van der Waals surface area (Å²) in [6.07, 6.45) is 5.21. The first kappa shape index (κ1) is 52.8. The van der Waals surface area contributed by atoms with Crippen molar-refractivity contribution < 1.29 is 14.4 Å². The first-order valence-electron chi connectivity index (χ1n) is 27.6. The van der Waals surface area contributed by atoms with Gasteiger partial charge in [0.05, 0.1) is 65.5 Å². The number of fused-ring (bicyclic) bond motifs is 9. The van der Waals surface area contributed by atoms with E-state index in [4.69, 9.17) is 15.0 Å². The van der Waals surface area contributed by atoms with E-state index in [1.54, 1.807) is 18.6 Å². The molecule has 79 heavy (non-hydrogen) atoms. The van der Waals surface area contributed by atoms with Crippen LogP contribution in [0.3, 0.4) is 0 Å². The Labute approximate surface area is 460 Å². The number of pyridine rings is 2. The van der Waals surface area contributed by atoms with Gasteiger partial charge in [-0.1, -0.05) is 127 Å². The van der Waals surface area contributed by atoms with Crippen molar-refractivity contribution in [3.63, 3.8) is 0 Å². The SMILES string of the molecule is C[C@H](NC(=O)CN1CCN(CC(=O)N[C@@H](C)c2cccc3ccccc23)CCN(Cc2ccc3c4nccnc4c4cccnc4c3n2)CCN(CC(=O)N[C@@H](C)c2cccc3ccccc23)CC1)c1cccc2ccccc12. The second kappa shape index (κ2) is 24.2. The summed E-state index contributed by atoms with van der Waals surface area (Å²) < 4.78 is 0. The predicted octanol–water partition coefficient (Wildman–Crippen LogP) is 9.54. The van der Waals surface area contributed by atoms with Crippen LogP contribution in [-0.2, 0) is 20.9 Å². The summed E-state index contributed by atoms with van der Waals surface area (Å²) in [4.78, 5) is 71.3. The van der Waals surface area contributed by atoms with Gasteiger partial charge in [0.1, 0.15) is 0 Å². The molecule has 3 N–H and O–H groups in total. The molecular weight excluding hydrogens is 983 g/mol. The van der Waals surface area contributed by atoms with Gasteiger partial charge in [-0.3, -0.25) is 48.9 Å². The van der Waals surface area contributed by atoms with E-state index in [9.17, 15) is 14.4 Å². The number of aromatic nitrogens is 4. The summed E-state index contributed by atoms with van der Waals surface area (Å²) in [5, 5.41) is 18.4. The molecule has 1 aliphatic heterocycles. The minimum absolute atomic E-state index is 0.0758. The van der Waals surface area contributed by atoms with Gasteiger partial charge in [-0.25, -0.2) is 4.98 Å². The van der Waals surface area contributed by atoms with Crippen LogP contribution in [0, 0.1) is 0 Å². The number of carbonyl (C=O) groups excluding carboxylic acids is 3. The largest absolute Gasteiger partial charge is 0.348 e. The zero-order chi connectivity index (χ0) is 54.2. The summed E-state index contributed by atoms with van der Waals surface area (Å²) in [5.74, 6) is -0.243. The van der Waals surface area contributed by atoms with Gasteiger partial charge < -0.3 is 16.0 Å². The van der Waals surface area contributed by atoms with Crippen molar-refractivity contribution in [2.45, 2.75) is 45.4 Å². The molecule has 0 saturated carbocycles. The Morgan fingerprint density at radius 1 is 0.380 bits per heavy atom. The molecule has 11 rings (SSSR count). The van der Waals surface area contributed by atoms with Gasteiger partial charge in [-0.2, -0.15) is 0 Å². The van der Waals surface area contributed by atoms with E-state index in [0.29, 0.717) is 58.9 Å². The fourth-order valence-electron chi connectivity index (χ4n) is 11.5. The molecule has 3 aromatic heterocycles. The van der Waals surface area contributed by atoms with Crippen molar-refractivity contribution in [1.29, 1.82) is 0 Å². The molecule has 7 aromatic carbocycles. The highest BCUT2D eigenvalue weighted by Gasteiger charge is 2.24. The Bertz CT molecular complexity index is 3670. The fourth-order valence-corrected chi connectivity index (χ4v) is 11.5. The van der Waals surface area contributed by atoms with Crippen molar-refractivity contribution in [1.82, 2.24) is 55.5 Å². The van der Waals surface area contributed by atoms with Crippen LogP contribution in [0.5, 0.6) is 0 Å². The van der Waals surface area contributed by atoms with Gasteiger partial charge in [0.25, 0.3) is 0 Å². The summed E-state index contributed by atoms with van der Waals surface area (Å²) in [6.45, 7) is 11.5. The van der Waals surface area contributed by atoms with Crippen molar-refractivity contribution in [3.05, 3.63) is 193 Å². The Kier molecular flexibility index (Phi) is 16.1. The Balaban J connectivity index is 0.871. The van der Waals surface area contributed by atoms with Gasteiger partial charge in [-0.05, 0) is 94.0 Å². The van der Waals surface area contributed by atoms with Gasteiger partial charge in [0.2, 0.25) is 17.7 Å². The van der Waals surface area contributed by atoms with Crippen molar-refractivity contribution in [3.8, 4) is 0 Å². The maximum atomic E-state index is 14.3. The van der Waals surface area contributed by atoms with Crippen LogP contribution in [0.2, 0.25) is 0 Å². The van der Waals surface area contributed by atoms with E-state index in [1.807, 2.05) is 87.5 Å². The van der Waals surface area contributed by atoms with Crippen LogP contribution < -0.4 is 16.0 Å². The second-order valence-electron chi connectivity index (χ2n) is 21.0. The average molecular weight is 1050 g/mol. The van der Waals surface area contributed by atoms with Gasteiger partial charge in [0.15, 0.2) is 0 Å². The summed E-state index contributed by atoms with van der Waals surface area (Å²) in [7, 11) is 0. The normalized spacial score (nSPS) is 15.9. The monoisotopic (exact) mass is 1050 g/mol. The lowest BCUT2D eigenvalue weighted by Gasteiger charge is -2.34. The highest BCUT2D eigenvalue weighted by Crippen LogP contribution is 2.31. The Morgan fingerprint density at radius 2 is 0.722 bits per heavy atom. The Morgan fingerprint density at radius 3 is 1.15 bits per heavy atom. The van der Waals surface area contributed by atoms with Crippen LogP contribution in [-0.4, -0.2) is 129 Å². The molecule has 1 aliphatic rings. The zero-order valence-electron chi connectivity index (χ0n) is 45.2. The third-order valence-electron chi connectivity index (χ3n) is 15.6. The zero-order valence-corrected chi connectivity index (χ0v) is 45.2. The first-order chi connectivity index (χ1) is 38.6. The third-order valence-corrected chi connectivity index (χ3v) is 15.6. The molecule has 14 nitrogen and oxygen atoms in total. The Hall–Kier alpha value is -8.27. The van der Waals surface area contributed by atoms with Crippen LogP contribution in [0.15, 0.2) is 170 Å². The molecule has 14 heteroatoms. The van der Waals surface area contributed by atoms with E-state index in [-0.39, 0.29) is 55.5 Å². The standard InChI is InChI=1S/C65H67N11O3/c1-44(51-23-10-17-47-14-4-7-20-54(47)51)69-59(77)41-74-34-32-73(40-50-27-28-58-63-62(67-30-31-68-63)57-26-13-29-66-64(57)65(58)72-50)33-35-75(42-60(78)70-45(2)52-24-11-18-48-15-5-8-21-55(48)52)37-39-76(38-36-74)43-61(79)71-46(3)53-25-12-19-49-16-6-9-22-56(49)53/h4-31,44-46H,32-43H2,1-3H3,(H,69,77)(H,70,78)(H,71,79)/t44-,45-,46-/m0/s1.